The lowest BCUT2D eigenvalue weighted by molar-refractivity contribution is 0.00993. The zero-order valence-electron chi connectivity index (χ0n) is 15.1. The molecule has 1 atom stereocenters. The molecular formula is C17H30N4O2. The molecule has 23 heavy (non-hydrogen) atoms. The number of piperidine rings is 1. The molecule has 0 aliphatic carbocycles. The second-order valence-electron chi connectivity index (χ2n) is 7.37. The molecule has 1 N–H and O–H groups in total. The van der Waals surface area contributed by atoms with Gasteiger partial charge >= 0.3 is 6.09 Å². The largest absolute Gasteiger partial charge is 0.444 e. The summed E-state index contributed by atoms with van der Waals surface area (Å²) in [6.07, 6.45) is 5.09. The van der Waals surface area contributed by atoms with E-state index in [4.69, 9.17) is 4.74 Å². The van der Waals surface area contributed by atoms with Crippen LogP contribution in [0.2, 0.25) is 0 Å². The third-order valence-electron chi connectivity index (χ3n) is 4.07. The fourth-order valence-electron chi connectivity index (χ4n) is 2.97. The van der Waals surface area contributed by atoms with Crippen molar-refractivity contribution in [2.45, 2.75) is 65.1 Å². The Hall–Kier alpha value is -1.56. The number of likely N-dealkylation sites (tertiary alicyclic amines) is 1. The molecule has 130 valence electrons. The maximum absolute atomic E-state index is 12.4. The Morgan fingerprint density at radius 1 is 1.43 bits per heavy atom. The van der Waals surface area contributed by atoms with E-state index in [1.807, 2.05) is 50.5 Å². The van der Waals surface area contributed by atoms with Gasteiger partial charge in [-0.15, -0.1) is 0 Å². The van der Waals surface area contributed by atoms with Crippen molar-refractivity contribution in [1.82, 2.24) is 20.0 Å². The number of nitrogens with one attached hydrogen (secondary N) is 1. The van der Waals surface area contributed by atoms with Crippen LogP contribution in [0.1, 0.15) is 51.3 Å². The summed E-state index contributed by atoms with van der Waals surface area (Å²) in [6, 6.07) is 0.204. The maximum atomic E-state index is 12.4. The smallest absolute Gasteiger partial charge is 0.410 e. The van der Waals surface area contributed by atoms with Gasteiger partial charge < -0.3 is 15.0 Å². The molecule has 1 saturated heterocycles. The number of amides is 1. The lowest BCUT2D eigenvalue weighted by Crippen LogP contribution is -2.50. The Balaban J connectivity index is 1.88. The number of rotatable bonds is 4. The molecule has 2 rings (SSSR count). The van der Waals surface area contributed by atoms with Crippen molar-refractivity contribution in [2.24, 2.45) is 7.05 Å². The molecule has 0 bridgehead atoms. The highest BCUT2D eigenvalue weighted by atomic mass is 16.6. The van der Waals surface area contributed by atoms with Crippen LogP contribution in [0, 0.1) is 6.92 Å². The van der Waals surface area contributed by atoms with Crippen LogP contribution in [0.3, 0.4) is 0 Å². The minimum Gasteiger partial charge on any atom is -0.444 e. The summed E-state index contributed by atoms with van der Waals surface area (Å²) in [5.74, 6) is 0. The first-order chi connectivity index (χ1) is 10.8. The highest BCUT2D eigenvalue weighted by Crippen LogP contribution is 2.20. The van der Waals surface area contributed by atoms with Gasteiger partial charge in [-0.2, -0.15) is 5.10 Å². The van der Waals surface area contributed by atoms with Crippen molar-refractivity contribution < 1.29 is 9.53 Å². The van der Waals surface area contributed by atoms with Crippen LogP contribution in [-0.4, -0.2) is 45.5 Å². The Bertz CT molecular complexity index is 533. The summed E-state index contributed by atoms with van der Waals surface area (Å²) in [6.45, 7) is 10.1. The van der Waals surface area contributed by atoms with Crippen LogP contribution in [0.4, 0.5) is 4.79 Å². The minimum atomic E-state index is -0.445. The van der Waals surface area contributed by atoms with Gasteiger partial charge in [-0.05, 0) is 47.0 Å². The first-order valence-corrected chi connectivity index (χ1v) is 8.46. The molecule has 0 saturated carbocycles. The predicted molar refractivity (Wildman–Crippen MR) is 90.2 cm³/mol. The van der Waals surface area contributed by atoms with Crippen LogP contribution in [0.25, 0.3) is 0 Å². The zero-order valence-corrected chi connectivity index (χ0v) is 15.1. The van der Waals surface area contributed by atoms with Crippen LogP contribution < -0.4 is 5.32 Å². The van der Waals surface area contributed by atoms with E-state index in [-0.39, 0.29) is 12.1 Å². The Labute approximate surface area is 139 Å². The van der Waals surface area contributed by atoms with Crippen molar-refractivity contribution >= 4 is 6.09 Å². The monoisotopic (exact) mass is 322 g/mol. The number of aromatic nitrogens is 2. The lowest BCUT2D eigenvalue weighted by Gasteiger charge is -2.36. The molecule has 0 radical (unpaired) electrons. The normalized spacial score (nSPS) is 19.0. The van der Waals surface area contributed by atoms with Gasteiger partial charge in [-0.3, -0.25) is 4.68 Å². The molecule has 0 spiro atoms. The highest BCUT2D eigenvalue weighted by Gasteiger charge is 2.30. The van der Waals surface area contributed by atoms with Crippen molar-refractivity contribution in [3.05, 3.63) is 17.5 Å². The number of ether oxygens (including phenoxy) is 1. The van der Waals surface area contributed by atoms with E-state index in [0.29, 0.717) is 0 Å². The van der Waals surface area contributed by atoms with Gasteiger partial charge in [0.05, 0.1) is 5.69 Å². The molecule has 1 amide bonds. The van der Waals surface area contributed by atoms with E-state index in [1.165, 1.54) is 5.56 Å². The maximum Gasteiger partial charge on any atom is 0.410 e. The summed E-state index contributed by atoms with van der Waals surface area (Å²) in [4.78, 5) is 14.3. The number of carbonyl (C=O) groups excluding carboxylic acids is 1. The predicted octanol–water partition coefficient (Wildman–Crippen LogP) is 2.61. The summed E-state index contributed by atoms with van der Waals surface area (Å²) >= 11 is 0. The van der Waals surface area contributed by atoms with E-state index in [2.05, 4.69) is 10.4 Å². The van der Waals surface area contributed by atoms with Crippen molar-refractivity contribution in [3.8, 4) is 0 Å². The molecule has 2 heterocycles. The molecule has 6 nitrogen and oxygen atoms in total. The fourth-order valence-corrected chi connectivity index (χ4v) is 2.97. The van der Waals surface area contributed by atoms with Gasteiger partial charge in [0.25, 0.3) is 0 Å². The summed E-state index contributed by atoms with van der Waals surface area (Å²) in [5, 5.41) is 7.82. The Morgan fingerprint density at radius 2 is 2.17 bits per heavy atom. The van der Waals surface area contributed by atoms with Crippen molar-refractivity contribution in [1.29, 1.82) is 0 Å². The first-order valence-electron chi connectivity index (χ1n) is 8.46. The van der Waals surface area contributed by atoms with Crippen LogP contribution >= 0.6 is 0 Å². The SMILES string of the molecule is Cc1nn(C)cc1CNCC1CCCCN1C(=O)OC(C)(C)C. The molecule has 1 aliphatic rings. The van der Waals surface area contributed by atoms with Crippen molar-refractivity contribution in [2.75, 3.05) is 13.1 Å². The van der Waals surface area contributed by atoms with Crippen LogP contribution in [0.15, 0.2) is 6.20 Å². The first kappa shape index (κ1) is 17.8. The lowest BCUT2D eigenvalue weighted by atomic mass is 10.0. The van der Waals surface area contributed by atoms with E-state index in [9.17, 15) is 4.79 Å². The molecule has 1 aliphatic heterocycles. The Kier molecular flexibility index (Phi) is 5.68. The van der Waals surface area contributed by atoms with E-state index in [1.54, 1.807) is 0 Å². The molecule has 1 unspecified atom stereocenters. The Morgan fingerprint density at radius 3 is 2.78 bits per heavy atom. The fraction of sp³-hybridized carbons (Fsp3) is 0.765. The number of aryl methyl sites for hydroxylation is 2. The van der Waals surface area contributed by atoms with E-state index < -0.39 is 5.60 Å². The van der Waals surface area contributed by atoms with Crippen LogP contribution in [-0.2, 0) is 18.3 Å². The average Bonchev–Trinajstić information content (AvgIpc) is 2.75. The van der Waals surface area contributed by atoms with Gasteiger partial charge in [-0.1, -0.05) is 0 Å². The van der Waals surface area contributed by atoms with E-state index >= 15 is 0 Å². The van der Waals surface area contributed by atoms with Crippen molar-refractivity contribution in [3.63, 3.8) is 0 Å². The van der Waals surface area contributed by atoms with E-state index in [0.717, 1.165) is 44.6 Å². The van der Waals surface area contributed by atoms with Crippen LogP contribution in [0.5, 0.6) is 0 Å². The van der Waals surface area contributed by atoms with Gasteiger partial charge in [0.2, 0.25) is 0 Å². The molecular weight excluding hydrogens is 292 g/mol. The topological polar surface area (TPSA) is 59.4 Å². The highest BCUT2D eigenvalue weighted by molar-refractivity contribution is 5.68. The summed E-state index contributed by atoms with van der Waals surface area (Å²) in [5.41, 5.74) is 1.80. The third-order valence-corrected chi connectivity index (χ3v) is 4.07. The number of carbonyl (C=O) groups is 1. The summed E-state index contributed by atoms with van der Waals surface area (Å²) in [7, 11) is 1.93. The standard InChI is InChI=1S/C17H30N4O2/c1-13-14(12-20(5)19-13)10-18-11-15-8-6-7-9-21(15)16(22)23-17(2,3)4/h12,15,18H,6-11H2,1-5H3. The molecule has 6 heteroatoms. The molecule has 1 aromatic heterocycles. The van der Waals surface area contributed by atoms with Gasteiger partial charge in [-0.25, -0.2) is 4.79 Å². The van der Waals surface area contributed by atoms with Gasteiger partial charge in [0.1, 0.15) is 5.60 Å². The average molecular weight is 322 g/mol. The molecule has 0 aromatic carbocycles. The minimum absolute atomic E-state index is 0.193. The molecule has 1 aromatic rings. The summed E-state index contributed by atoms with van der Waals surface area (Å²) < 4.78 is 7.37. The second-order valence-corrected chi connectivity index (χ2v) is 7.37. The quantitative estimate of drug-likeness (QED) is 0.926. The third kappa shape index (κ3) is 5.23. The number of hydrogen-bond acceptors (Lipinski definition) is 4. The number of hydrogen-bond donors (Lipinski definition) is 1. The number of nitrogens with zero attached hydrogens (tertiary/aromatic N) is 3. The van der Waals surface area contributed by atoms with Gasteiger partial charge in [0.15, 0.2) is 0 Å². The zero-order chi connectivity index (χ0) is 17.0. The molecule has 1 fully saturated rings. The second kappa shape index (κ2) is 7.34. The van der Waals surface area contributed by atoms with Gasteiger partial charge in [0, 0.05) is 44.5 Å².